The average Bonchev–Trinajstić information content (AvgIpc) is 2.46. The molecule has 118 valence electrons. The van der Waals surface area contributed by atoms with Crippen LogP contribution in [0.2, 0.25) is 0 Å². The fourth-order valence-corrected chi connectivity index (χ4v) is 3.37. The first-order valence-corrected chi connectivity index (χ1v) is 8.89. The third kappa shape index (κ3) is 4.04. The quantitative estimate of drug-likeness (QED) is 0.798. The number of piperidine rings is 1. The number of hydrogen-bond donors (Lipinski definition) is 0. The van der Waals surface area contributed by atoms with Gasteiger partial charge in [0.2, 0.25) is 15.9 Å². The molecule has 1 aromatic rings. The molecule has 1 aliphatic rings. The van der Waals surface area contributed by atoms with Crippen LogP contribution in [0.15, 0.2) is 12.4 Å². The summed E-state index contributed by atoms with van der Waals surface area (Å²) in [5.41, 5.74) is 0. The van der Waals surface area contributed by atoms with E-state index in [0.29, 0.717) is 25.6 Å². The van der Waals surface area contributed by atoms with Gasteiger partial charge < -0.3 is 9.64 Å². The van der Waals surface area contributed by atoms with Gasteiger partial charge in [0.1, 0.15) is 12.1 Å². The van der Waals surface area contributed by atoms with Gasteiger partial charge in [-0.2, -0.15) is 0 Å². The Morgan fingerprint density at radius 1 is 1.38 bits per heavy atom. The lowest BCUT2D eigenvalue weighted by Gasteiger charge is -2.36. The van der Waals surface area contributed by atoms with Gasteiger partial charge in [0.05, 0.1) is 12.9 Å². The molecule has 0 radical (unpaired) electrons. The van der Waals surface area contributed by atoms with E-state index in [9.17, 15) is 8.42 Å². The first-order valence-electron chi connectivity index (χ1n) is 7.04. The summed E-state index contributed by atoms with van der Waals surface area (Å²) in [5, 5.41) is 0. The minimum absolute atomic E-state index is 0.271. The van der Waals surface area contributed by atoms with Crippen LogP contribution in [-0.2, 0) is 10.0 Å². The number of nitrogens with zero attached hydrogens (tertiary/aromatic N) is 4. The van der Waals surface area contributed by atoms with E-state index in [1.165, 1.54) is 16.9 Å². The normalized spacial score (nSPS) is 17.7. The first-order chi connectivity index (χ1) is 9.91. The molecule has 1 aromatic heterocycles. The summed E-state index contributed by atoms with van der Waals surface area (Å²) in [6.07, 6.45) is 4.33. The van der Waals surface area contributed by atoms with Crippen molar-refractivity contribution >= 4 is 15.8 Å². The zero-order chi connectivity index (χ0) is 15.5. The van der Waals surface area contributed by atoms with Crippen molar-refractivity contribution < 1.29 is 13.2 Å². The van der Waals surface area contributed by atoms with Crippen molar-refractivity contribution in [3.63, 3.8) is 0 Å². The number of aromatic nitrogens is 2. The van der Waals surface area contributed by atoms with Crippen LogP contribution in [0.4, 0.5) is 5.82 Å². The van der Waals surface area contributed by atoms with E-state index in [1.807, 2.05) is 20.0 Å². The molecule has 0 aliphatic carbocycles. The van der Waals surface area contributed by atoms with Crippen molar-refractivity contribution in [1.29, 1.82) is 0 Å². The standard InChI is InChI=1S/C13H22N4O3S/c1-4-20-13-9-12(14-10-15-13)16(2)11-5-7-17(8-6-11)21(3,18)19/h9-11H,4-8H2,1-3H3. The Hall–Kier alpha value is -1.41. The van der Waals surface area contributed by atoms with Gasteiger partial charge in [-0.15, -0.1) is 0 Å². The van der Waals surface area contributed by atoms with Crippen LogP contribution in [0.25, 0.3) is 0 Å². The predicted octanol–water partition coefficient (Wildman–Crippen LogP) is 0.735. The Bertz CT molecular complexity index is 571. The van der Waals surface area contributed by atoms with E-state index in [2.05, 4.69) is 14.9 Å². The Labute approximate surface area is 126 Å². The van der Waals surface area contributed by atoms with Crippen LogP contribution in [0.3, 0.4) is 0 Å². The fourth-order valence-electron chi connectivity index (χ4n) is 2.50. The maximum Gasteiger partial charge on any atom is 0.218 e. The molecule has 0 bridgehead atoms. The van der Waals surface area contributed by atoms with Crippen LogP contribution < -0.4 is 9.64 Å². The third-order valence-electron chi connectivity index (χ3n) is 3.72. The van der Waals surface area contributed by atoms with Gasteiger partial charge in [-0.25, -0.2) is 22.7 Å². The SMILES string of the molecule is CCOc1cc(N(C)C2CCN(S(C)(=O)=O)CC2)ncn1. The lowest BCUT2D eigenvalue weighted by molar-refractivity contribution is 0.314. The highest BCUT2D eigenvalue weighted by molar-refractivity contribution is 7.88. The van der Waals surface area contributed by atoms with Gasteiger partial charge in [-0.05, 0) is 19.8 Å². The van der Waals surface area contributed by atoms with Crippen molar-refractivity contribution in [2.24, 2.45) is 0 Å². The molecule has 0 N–H and O–H groups in total. The van der Waals surface area contributed by atoms with E-state index in [4.69, 9.17) is 4.74 Å². The molecule has 0 atom stereocenters. The number of sulfonamides is 1. The highest BCUT2D eigenvalue weighted by Crippen LogP contribution is 2.23. The van der Waals surface area contributed by atoms with E-state index in [0.717, 1.165) is 18.7 Å². The highest BCUT2D eigenvalue weighted by atomic mass is 32.2. The lowest BCUT2D eigenvalue weighted by atomic mass is 10.1. The smallest absolute Gasteiger partial charge is 0.218 e. The molecule has 2 heterocycles. The van der Waals surface area contributed by atoms with Crippen molar-refractivity contribution in [3.05, 3.63) is 12.4 Å². The first kappa shape index (κ1) is 16.0. The van der Waals surface area contributed by atoms with Crippen molar-refractivity contribution in [2.45, 2.75) is 25.8 Å². The summed E-state index contributed by atoms with van der Waals surface area (Å²) in [6, 6.07) is 2.08. The second-order valence-electron chi connectivity index (χ2n) is 5.15. The summed E-state index contributed by atoms with van der Waals surface area (Å²) >= 11 is 0. The molecule has 0 aromatic carbocycles. The van der Waals surface area contributed by atoms with E-state index in [1.54, 1.807) is 0 Å². The number of hydrogen-bond acceptors (Lipinski definition) is 6. The molecule has 1 fully saturated rings. The molecule has 21 heavy (non-hydrogen) atoms. The van der Waals surface area contributed by atoms with Gasteiger partial charge in [-0.3, -0.25) is 0 Å². The van der Waals surface area contributed by atoms with Crippen molar-refractivity contribution in [1.82, 2.24) is 14.3 Å². The summed E-state index contributed by atoms with van der Waals surface area (Å²) in [6.45, 7) is 3.58. The van der Waals surface area contributed by atoms with Crippen molar-refractivity contribution in [2.75, 3.05) is 37.9 Å². The van der Waals surface area contributed by atoms with Crippen LogP contribution in [0.1, 0.15) is 19.8 Å². The lowest BCUT2D eigenvalue weighted by Crippen LogP contribution is -2.45. The van der Waals surface area contributed by atoms with E-state index >= 15 is 0 Å². The molecule has 0 spiro atoms. The Morgan fingerprint density at radius 2 is 2.05 bits per heavy atom. The van der Waals surface area contributed by atoms with Gasteiger partial charge in [0, 0.05) is 32.2 Å². The monoisotopic (exact) mass is 314 g/mol. The minimum Gasteiger partial charge on any atom is -0.478 e. The molecular weight excluding hydrogens is 292 g/mol. The Kier molecular flexibility index (Phi) is 5.00. The average molecular weight is 314 g/mol. The number of rotatable bonds is 5. The Balaban J connectivity index is 2.01. The molecule has 7 nitrogen and oxygen atoms in total. The third-order valence-corrected chi connectivity index (χ3v) is 5.02. The van der Waals surface area contributed by atoms with E-state index in [-0.39, 0.29) is 6.04 Å². The van der Waals surface area contributed by atoms with Gasteiger partial charge in [-0.1, -0.05) is 0 Å². The molecule has 2 rings (SSSR count). The number of ether oxygens (including phenoxy) is 1. The molecule has 1 saturated heterocycles. The molecule has 0 unspecified atom stereocenters. The zero-order valence-corrected chi connectivity index (χ0v) is 13.5. The second-order valence-corrected chi connectivity index (χ2v) is 7.13. The largest absolute Gasteiger partial charge is 0.478 e. The molecule has 0 saturated carbocycles. The predicted molar refractivity (Wildman–Crippen MR) is 81.0 cm³/mol. The second kappa shape index (κ2) is 6.57. The maximum absolute atomic E-state index is 11.5. The molecule has 0 amide bonds. The van der Waals surface area contributed by atoms with Gasteiger partial charge in [0.15, 0.2) is 0 Å². The minimum atomic E-state index is -3.08. The summed E-state index contributed by atoms with van der Waals surface area (Å²) in [7, 11) is -1.11. The Morgan fingerprint density at radius 3 is 2.62 bits per heavy atom. The molecular formula is C13H22N4O3S. The summed E-state index contributed by atoms with van der Waals surface area (Å²) in [5.74, 6) is 1.36. The van der Waals surface area contributed by atoms with Crippen LogP contribution in [-0.4, -0.2) is 61.7 Å². The highest BCUT2D eigenvalue weighted by Gasteiger charge is 2.27. The van der Waals surface area contributed by atoms with Crippen molar-refractivity contribution in [3.8, 4) is 5.88 Å². The van der Waals surface area contributed by atoms with Gasteiger partial charge >= 0.3 is 0 Å². The molecule has 1 aliphatic heterocycles. The number of anilines is 1. The summed E-state index contributed by atoms with van der Waals surface area (Å²) < 4.78 is 30.0. The molecule has 8 heteroatoms. The van der Waals surface area contributed by atoms with E-state index < -0.39 is 10.0 Å². The van der Waals surface area contributed by atoms with Crippen LogP contribution in [0, 0.1) is 0 Å². The maximum atomic E-state index is 11.5. The topological polar surface area (TPSA) is 75.6 Å². The van der Waals surface area contributed by atoms with Gasteiger partial charge in [0.25, 0.3) is 0 Å². The fraction of sp³-hybridized carbons (Fsp3) is 0.692. The van der Waals surface area contributed by atoms with Crippen LogP contribution >= 0.6 is 0 Å². The zero-order valence-electron chi connectivity index (χ0n) is 12.7. The summed E-state index contributed by atoms with van der Waals surface area (Å²) in [4.78, 5) is 10.4. The van der Waals surface area contributed by atoms with Crippen LogP contribution in [0.5, 0.6) is 5.88 Å².